The molecular weight excluding hydrogens is 733 g/mol. The summed E-state index contributed by atoms with van der Waals surface area (Å²) in [5.41, 5.74) is 15.8. The average molecular weight is 760 g/mol. The summed E-state index contributed by atoms with van der Waals surface area (Å²) in [5.74, 6) is 0. The van der Waals surface area contributed by atoms with E-state index >= 15 is 0 Å². The minimum absolute atomic E-state index is 0.0113. The molecule has 0 heterocycles. The molecule has 266 valence electrons. The molecule has 0 aromatic heterocycles. The molecule has 0 bridgehead atoms. The number of aryl methyl sites for hydroxylation is 2. The highest BCUT2D eigenvalue weighted by molar-refractivity contribution is 7.86. The van der Waals surface area contributed by atoms with Gasteiger partial charge in [-0.2, -0.15) is 27.1 Å². The van der Waals surface area contributed by atoms with Crippen molar-refractivity contribution >= 4 is 86.0 Å². The number of nitrogen functional groups attached to an aromatic ring is 2. The SMILES string of the molecule is Cc1cc(-c2ccc(N=Nc3c(N)c(S(=O)(=O)O)cc4cc(S(=O)(=O)O)ccc34)c(C)c2)ccc1N=Nc1cc(S(=O)(=O)[O-])c2ccccc2c1N. The van der Waals surface area contributed by atoms with Crippen molar-refractivity contribution in [3.63, 3.8) is 0 Å². The molecule has 0 amide bonds. The molecule has 0 saturated carbocycles. The van der Waals surface area contributed by atoms with E-state index in [0.29, 0.717) is 22.3 Å². The van der Waals surface area contributed by atoms with Crippen molar-refractivity contribution in [2.75, 3.05) is 11.5 Å². The van der Waals surface area contributed by atoms with E-state index in [0.717, 1.165) is 41.0 Å². The summed E-state index contributed by atoms with van der Waals surface area (Å²) >= 11 is 0. The molecule has 0 aliphatic carbocycles. The zero-order chi connectivity index (χ0) is 37.7. The molecule has 0 aliphatic rings. The second-order valence-corrected chi connectivity index (χ2v) is 15.8. The molecule has 0 fully saturated rings. The monoisotopic (exact) mass is 759 g/mol. The molecule has 6 aromatic rings. The number of benzene rings is 6. The van der Waals surface area contributed by atoms with Crippen LogP contribution in [-0.2, 0) is 30.4 Å². The third-order valence-electron chi connectivity index (χ3n) is 8.21. The number of hydrogen-bond acceptors (Lipinski definition) is 13. The second kappa shape index (κ2) is 13.2. The fourth-order valence-electron chi connectivity index (χ4n) is 5.58. The molecule has 0 radical (unpaired) electrons. The molecule has 0 spiro atoms. The Morgan fingerprint density at radius 1 is 0.558 bits per heavy atom. The largest absolute Gasteiger partial charge is 0.744 e. The number of nitrogens with two attached hydrogens (primary N) is 2. The van der Waals surface area contributed by atoms with Crippen LogP contribution in [0, 0.1) is 13.8 Å². The normalized spacial score (nSPS) is 12.8. The van der Waals surface area contributed by atoms with Gasteiger partial charge in [-0.3, -0.25) is 9.11 Å². The molecule has 0 atom stereocenters. The Morgan fingerprint density at radius 2 is 1.12 bits per heavy atom. The van der Waals surface area contributed by atoms with Crippen LogP contribution < -0.4 is 11.5 Å². The smallest absolute Gasteiger partial charge is 0.296 e. The van der Waals surface area contributed by atoms with E-state index in [2.05, 4.69) is 20.5 Å². The van der Waals surface area contributed by atoms with Crippen LogP contribution in [0.1, 0.15) is 11.1 Å². The van der Waals surface area contributed by atoms with E-state index in [1.54, 1.807) is 56.3 Å². The molecule has 6 rings (SSSR count). The van der Waals surface area contributed by atoms with Gasteiger partial charge in [0.2, 0.25) is 0 Å². The third-order valence-corrected chi connectivity index (χ3v) is 10.8. The van der Waals surface area contributed by atoms with Crippen molar-refractivity contribution in [1.29, 1.82) is 0 Å². The quantitative estimate of drug-likeness (QED) is 0.0664. The van der Waals surface area contributed by atoms with Crippen molar-refractivity contribution in [3.8, 4) is 11.1 Å². The number of hydrogen-bond donors (Lipinski definition) is 4. The maximum Gasteiger partial charge on any atom is 0.296 e. The standard InChI is InChI=1S/C34H28N6O9S3/c1-18-13-20(7-11-27(18)37-39-29-17-30(51(44,45)46)25-5-3-4-6-26(25)32(29)35)21-8-12-28(19(2)14-21)38-40-34-24-10-9-23(50(41,42)43)15-22(24)16-31(33(34)36)52(47,48)49/h3-17H,35-36H2,1-2H3,(H,41,42,43)(H,44,45,46)(H,47,48,49)/p-1. The third kappa shape index (κ3) is 7.11. The summed E-state index contributed by atoms with van der Waals surface area (Å²) in [6.45, 7) is 3.57. The number of azo groups is 2. The minimum atomic E-state index is -4.86. The minimum Gasteiger partial charge on any atom is -0.744 e. The molecule has 6 N–H and O–H groups in total. The summed E-state index contributed by atoms with van der Waals surface area (Å²) in [6.07, 6.45) is 0. The Kier molecular flexibility index (Phi) is 9.16. The predicted octanol–water partition coefficient (Wildman–Crippen LogP) is 7.67. The highest BCUT2D eigenvalue weighted by Crippen LogP contribution is 2.41. The molecule has 0 aliphatic heterocycles. The summed E-state index contributed by atoms with van der Waals surface area (Å²) in [6, 6.07) is 22.5. The first-order valence-corrected chi connectivity index (χ1v) is 19.3. The van der Waals surface area contributed by atoms with Gasteiger partial charge in [0.25, 0.3) is 20.2 Å². The highest BCUT2D eigenvalue weighted by atomic mass is 32.2. The van der Waals surface area contributed by atoms with Crippen molar-refractivity contribution in [3.05, 3.63) is 102 Å². The lowest BCUT2D eigenvalue weighted by atomic mass is 10.0. The van der Waals surface area contributed by atoms with Gasteiger partial charge in [0.05, 0.1) is 32.5 Å². The van der Waals surface area contributed by atoms with Crippen LogP contribution in [0.5, 0.6) is 0 Å². The summed E-state index contributed by atoms with van der Waals surface area (Å²) in [5, 5.41) is 17.6. The molecular formula is C34H27N6O9S3-. The number of nitrogens with zero attached hydrogens (tertiary/aromatic N) is 4. The van der Waals surface area contributed by atoms with E-state index in [1.807, 2.05) is 12.1 Å². The van der Waals surface area contributed by atoms with Gasteiger partial charge in [0.15, 0.2) is 0 Å². The first kappa shape index (κ1) is 36.2. The lowest BCUT2D eigenvalue weighted by Gasteiger charge is -2.14. The molecule has 15 nitrogen and oxygen atoms in total. The average Bonchev–Trinajstić information content (AvgIpc) is 3.06. The Bertz CT molecular complexity index is 2880. The predicted molar refractivity (Wildman–Crippen MR) is 194 cm³/mol. The molecule has 18 heteroatoms. The van der Waals surface area contributed by atoms with Crippen LogP contribution in [0.15, 0.2) is 126 Å². The van der Waals surface area contributed by atoms with Crippen molar-refractivity contribution in [1.82, 2.24) is 0 Å². The number of rotatable bonds is 8. The summed E-state index contributed by atoms with van der Waals surface area (Å²) in [4.78, 5) is -1.67. The van der Waals surface area contributed by atoms with E-state index in [9.17, 15) is 38.9 Å². The lowest BCUT2D eigenvalue weighted by molar-refractivity contribution is 0.463. The van der Waals surface area contributed by atoms with Gasteiger partial charge < -0.3 is 16.0 Å². The fourth-order valence-corrected chi connectivity index (χ4v) is 7.45. The number of anilines is 2. The molecule has 0 unspecified atom stereocenters. The van der Waals surface area contributed by atoms with Gasteiger partial charge in [-0.1, -0.05) is 42.5 Å². The maximum atomic E-state index is 12.1. The number of fused-ring (bicyclic) bond motifs is 2. The summed E-state index contributed by atoms with van der Waals surface area (Å²) < 4.78 is 103. The van der Waals surface area contributed by atoms with Gasteiger partial charge in [0, 0.05) is 16.2 Å². The Morgan fingerprint density at radius 3 is 1.65 bits per heavy atom. The molecule has 6 aromatic carbocycles. The Hall–Kier alpha value is -5.63. The molecule has 52 heavy (non-hydrogen) atoms. The van der Waals surface area contributed by atoms with Gasteiger partial charge in [-0.15, -0.1) is 10.2 Å². The van der Waals surface area contributed by atoms with Crippen LogP contribution in [0.3, 0.4) is 0 Å². The maximum absolute atomic E-state index is 12.1. The van der Waals surface area contributed by atoms with Crippen molar-refractivity contribution < 1.29 is 38.9 Å². The van der Waals surface area contributed by atoms with Gasteiger partial charge in [0.1, 0.15) is 26.4 Å². The van der Waals surface area contributed by atoms with E-state index in [4.69, 9.17) is 11.5 Å². The van der Waals surface area contributed by atoms with Gasteiger partial charge in [-0.25, -0.2) is 8.42 Å². The van der Waals surface area contributed by atoms with Crippen LogP contribution in [-0.4, -0.2) is 38.9 Å². The van der Waals surface area contributed by atoms with Crippen LogP contribution in [0.4, 0.5) is 34.1 Å². The summed E-state index contributed by atoms with van der Waals surface area (Å²) in [7, 11) is -14.3. The fraction of sp³-hybridized carbons (Fsp3) is 0.0588. The first-order valence-electron chi connectivity index (χ1n) is 15.0. The van der Waals surface area contributed by atoms with Crippen LogP contribution in [0.2, 0.25) is 0 Å². The van der Waals surface area contributed by atoms with E-state index < -0.39 is 50.7 Å². The topological polar surface area (TPSA) is 267 Å². The Labute approximate surface area is 297 Å². The van der Waals surface area contributed by atoms with Crippen LogP contribution in [0.25, 0.3) is 32.7 Å². The highest BCUT2D eigenvalue weighted by Gasteiger charge is 2.22. The second-order valence-electron chi connectivity index (χ2n) is 11.7. The molecule has 0 saturated heterocycles. The van der Waals surface area contributed by atoms with Crippen molar-refractivity contribution in [2.45, 2.75) is 28.5 Å². The van der Waals surface area contributed by atoms with E-state index in [1.165, 1.54) is 12.1 Å². The Balaban J connectivity index is 1.31. The van der Waals surface area contributed by atoms with Gasteiger partial charge >= 0.3 is 0 Å². The lowest BCUT2D eigenvalue weighted by Crippen LogP contribution is -2.04. The van der Waals surface area contributed by atoms with E-state index in [-0.39, 0.29) is 33.2 Å². The zero-order valence-electron chi connectivity index (χ0n) is 27.1. The first-order chi connectivity index (χ1) is 24.3. The zero-order valence-corrected chi connectivity index (χ0v) is 29.5. The van der Waals surface area contributed by atoms with Crippen molar-refractivity contribution in [2.24, 2.45) is 20.5 Å². The van der Waals surface area contributed by atoms with Gasteiger partial charge in [-0.05, 0) is 90.0 Å². The van der Waals surface area contributed by atoms with Crippen LogP contribution >= 0.6 is 0 Å².